The third-order valence-corrected chi connectivity index (χ3v) is 8.13. The number of benzene rings is 2. The second-order valence-electron chi connectivity index (χ2n) is 7.66. The van der Waals surface area contributed by atoms with E-state index < -0.39 is 10.0 Å². The molecule has 0 aliphatic heterocycles. The van der Waals surface area contributed by atoms with E-state index in [-0.39, 0.29) is 23.9 Å². The van der Waals surface area contributed by atoms with Gasteiger partial charge in [-0.15, -0.1) is 11.3 Å². The van der Waals surface area contributed by atoms with Crippen LogP contribution in [-0.4, -0.2) is 49.8 Å². The van der Waals surface area contributed by atoms with Crippen LogP contribution in [0.25, 0.3) is 0 Å². The second kappa shape index (κ2) is 13.0. The van der Waals surface area contributed by atoms with E-state index in [1.165, 1.54) is 28.6 Å². The molecule has 0 aliphatic rings. The van der Waals surface area contributed by atoms with Gasteiger partial charge >= 0.3 is 0 Å². The fourth-order valence-electron chi connectivity index (χ4n) is 3.40. The van der Waals surface area contributed by atoms with Crippen LogP contribution >= 0.6 is 22.9 Å². The van der Waals surface area contributed by atoms with Crippen LogP contribution in [0, 0.1) is 0 Å². The summed E-state index contributed by atoms with van der Waals surface area (Å²) in [5.41, 5.74) is 0.982. The number of halogens is 1. The number of carbonyl (C=O) groups is 1. The largest absolute Gasteiger partial charge is 0.382 e. The summed E-state index contributed by atoms with van der Waals surface area (Å²) in [4.78, 5) is 16.3. The fourth-order valence-corrected chi connectivity index (χ4v) is 5.68. The summed E-state index contributed by atoms with van der Waals surface area (Å²) in [6, 6.07) is 19.6. The zero-order valence-electron chi connectivity index (χ0n) is 19.1. The van der Waals surface area contributed by atoms with E-state index >= 15 is 0 Å². The smallest absolute Gasteiger partial charge is 0.243 e. The summed E-state index contributed by atoms with van der Waals surface area (Å²) in [5, 5.41) is 2.41. The Balaban J connectivity index is 1.83. The lowest BCUT2D eigenvalue weighted by atomic mass is 10.2. The summed E-state index contributed by atoms with van der Waals surface area (Å²) in [6.07, 6.45) is 0.484. The van der Waals surface area contributed by atoms with Gasteiger partial charge < -0.3 is 9.64 Å². The number of ether oxygens (including phenoxy) is 1. The third kappa shape index (κ3) is 7.65. The van der Waals surface area contributed by atoms with Gasteiger partial charge in [-0.1, -0.05) is 48.0 Å². The average molecular weight is 521 g/mol. The predicted octanol–water partition coefficient (Wildman–Crippen LogP) is 5.05. The Labute approximate surface area is 210 Å². The Morgan fingerprint density at radius 1 is 1.00 bits per heavy atom. The van der Waals surface area contributed by atoms with Gasteiger partial charge in [0.25, 0.3) is 0 Å². The maximum absolute atomic E-state index is 13.5. The van der Waals surface area contributed by atoms with Crippen LogP contribution in [0.1, 0.15) is 23.8 Å². The van der Waals surface area contributed by atoms with E-state index in [0.29, 0.717) is 37.7 Å². The molecule has 0 spiro atoms. The van der Waals surface area contributed by atoms with E-state index in [1.807, 2.05) is 54.8 Å². The fraction of sp³-hybridized carbons (Fsp3) is 0.320. The van der Waals surface area contributed by atoms with Crippen LogP contribution in [0.5, 0.6) is 0 Å². The Morgan fingerprint density at radius 3 is 2.38 bits per heavy atom. The van der Waals surface area contributed by atoms with Crippen LogP contribution in [0.3, 0.4) is 0 Å². The van der Waals surface area contributed by atoms with Gasteiger partial charge in [0, 0.05) is 36.2 Å². The Bertz CT molecular complexity index is 1120. The lowest BCUT2D eigenvalue weighted by Crippen LogP contribution is -2.43. The van der Waals surface area contributed by atoms with E-state index in [9.17, 15) is 13.2 Å². The number of amides is 1. The highest BCUT2D eigenvalue weighted by Crippen LogP contribution is 2.20. The third-order valence-electron chi connectivity index (χ3n) is 5.16. The first-order valence-corrected chi connectivity index (χ1v) is 13.8. The van der Waals surface area contributed by atoms with Gasteiger partial charge in [-0.2, -0.15) is 4.31 Å². The minimum Gasteiger partial charge on any atom is -0.382 e. The molecule has 6 nitrogen and oxygen atoms in total. The van der Waals surface area contributed by atoms with Gasteiger partial charge in [-0.3, -0.25) is 4.79 Å². The molecule has 9 heteroatoms. The quantitative estimate of drug-likeness (QED) is 0.296. The SMILES string of the molecule is CCOCCCN(CC(=O)N(Cc1ccccc1)Cc1cccs1)S(=O)(=O)c1ccc(Cl)cc1. The Hall–Kier alpha value is -2.23. The van der Waals surface area contributed by atoms with Crippen LogP contribution in [0.15, 0.2) is 77.0 Å². The molecule has 1 heterocycles. The Morgan fingerprint density at radius 2 is 1.74 bits per heavy atom. The standard InChI is InChI=1S/C25H29ClN2O4S2/c1-2-32-16-7-15-28(34(30,31)24-13-11-22(26)12-14-24)20-25(29)27(19-23-10-6-17-33-23)18-21-8-4-3-5-9-21/h3-6,8-14,17H,2,7,15-16,18-20H2,1H3. The zero-order valence-corrected chi connectivity index (χ0v) is 21.5. The van der Waals surface area contributed by atoms with Gasteiger partial charge in [0.05, 0.1) is 18.0 Å². The van der Waals surface area contributed by atoms with Crippen LogP contribution in [0.2, 0.25) is 5.02 Å². The molecular weight excluding hydrogens is 492 g/mol. The Kier molecular flexibility index (Phi) is 10.1. The number of hydrogen-bond acceptors (Lipinski definition) is 5. The van der Waals surface area contributed by atoms with Crippen molar-refractivity contribution in [1.29, 1.82) is 0 Å². The summed E-state index contributed by atoms with van der Waals surface area (Å²) in [5.74, 6) is -0.258. The minimum atomic E-state index is -3.89. The molecule has 1 amide bonds. The summed E-state index contributed by atoms with van der Waals surface area (Å²) in [7, 11) is -3.89. The van der Waals surface area contributed by atoms with Crippen LogP contribution in [-0.2, 0) is 32.6 Å². The summed E-state index contributed by atoms with van der Waals surface area (Å²) >= 11 is 7.51. The van der Waals surface area contributed by atoms with Crippen molar-refractivity contribution in [3.63, 3.8) is 0 Å². The molecule has 182 valence electrons. The van der Waals surface area contributed by atoms with Crippen molar-refractivity contribution in [3.8, 4) is 0 Å². The van der Waals surface area contributed by atoms with Crippen LogP contribution < -0.4 is 0 Å². The van der Waals surface area contributed by atoms with Gasteiger partial charge in [0.2, 0.25) is 15.9 Å². The van der Waals surface area contributed by atoms with Crippen molar-refractivity contribution in [3.05, 3.63) is 87.6 Å². The number of carbonyl (C=O) groups excluding carboxylic acids is 1. The first-order chi connectivity index (χ1) is 16.4. The number of thiophene rings is 1. The maximum Gasteiger partial charge on any atom is 0.243 e. The molecular formula is C25H29ClN2O4S2. The normalized spacial score (nSPS) is 11.6. The lowest BCUT2D eigenvalue weighted by Gasteiger charge is -2.27. The monoisotopic (exact) mass is 520 g/mol. The van der Waals surface area contributed by atoms with Gasteiger partial charge in [0.15, 0.2) is 0 Å². The molecule has 0 N–H and O–H groups in total. The van der Waals surface area contributed by atoms with Crippen molar-refractivity contribution in [1.82, 2.24) is 9.21 Å². The molecule has 0 bridgehead atoms. The van der Waals surface area contributed by atoms with E-state index in [2.05, 4.69) is 0 Å². The molecule has 0 radical (unpaired) electrons. The molecule has 1 aromatic heterocycles. The molecule has 0 fully saturated rings. The van der Waals surface area contributed by atoms with Crippen molar-refractivity contribution in [2.45, 2.75) is 31.3 Å². The summed E-state index contributed by atoms with van der Waals surface area (Å²) in [6.45, 7) is 3.58. The summed E-state index contributed by atoms with van der Waals surface area (Å²) < 4.78 is 33.5. The molecule has 0 atom stereocenters. The highest BCUT2D eigenvalue weighted by Gasteiger charge is 2.28. The lowest BCUT2D eigenvalue weighted by molar-refractivity contribution is -0.132. The zero-order chi connectivity index (χ0) is 24.4. The topological polar surface area (TPSA) is 66.9 Å². The molecule has 34 heavy (non-hydrogen) atoms. The van der Waals surface area contributed by atoms with Crippen molar-refractivity contribution in [2.24, 2.45) is 0 Å². The number of rotatable bonds is 13. The molecule has 2 aromatic carbocycles. The average Bonchev–Trinajstić information content (AvgIpc) is 3.34. The number of hydrogen-bond donors (Lipinski definition) is 0. The van der Waals surface area contributed by atoms with Gasteiger partial charge in [0.1, 0.15) is 0 Å². The van der Waals surface area contributed by atoms with Crippen molar-refractivity contribution >= 4 is 38.9 Å². The maximum atomic E-state index is 13.5. The molecule has 3 rings (SSSR count). The van der Waals surface area contributed by atoms with E-state index in [0.717, 1.165) is 10.4 Å². The number of nitrogens with zero attached hydrogens (tertiary/aromatic N) is 2. The number of sulfonamides is 1. The highest BCUT2D eigenvalue weighted by atomic mass is 35.5. The highest BCUT2D eigenvalue weighted by molar-refractivity contribution is 7.89. The molecule has 3 aromatic rings. The van der Waals surface area contributed by atoms with Crippen molar-refractivity contribution in [2.75, 3.05) is 26.3 Å². The second-order valence-corrected chi connectivity index (χ2v) is 11.1. The van der Waals surface area contributed by atoms with E-state index in [4.69, 9.17) is 16.3 Å². The van der Waals surface area contributed by atoms with E-state index in [1.54, 1.807) is 16.2 Å². The van der Waals surface area contributed by atoms with Gasteiger partial charge in [-0.05, 0) is 54.6 Å². The first kappa shape index (κ1) is 26.4. The first-order valence-electron chi connectivity index (χ1n) is 11.1. The predicted molar refractivity (Wildman–Crippen MR) is 136 cm³/mol. The molecule has 0 unspecified atom stereocenters. The minimum absolute atomic E-state index is 0.106. The van der Waals surface area contributed by atoms with Crippen LogP contribution in [0.4, 0.5) is 0 Å². The van der Waals surface area contributed by atoms with Gasteiger partial charge in [-0.25, -0.2) is 8.42 Å². The molecule has 0 aliphatic carbocycles. The molecule has 0 saturated heterocycles. The van der Waals surface area contributed by atoms with Crippen molar-refractivity contribution < 1.29 is 17.9 Å². The molecule has 0 saturated carbocycles.